The largest absolute Gasteiger partial charge is 0.497 e. The normalized spacial score (nSPS) is 11.0. The maximum Gasteiger partial charge on any atom is 0.127 e. The average Bonchev–Trinajstić information content (AvgIpc) is 2.59. The van der Waals surface area contributed by atoms with Crippen LogP contribution in [0, 0.1) is 11.3 Å². The molecule has 0 amide bonds. The topological polar surface area (TPSA) is 54.3 Å². The highest BCUT2D eigenvalue weighted by molar-refractivity contribution is 5.85. The van der Waals surface area contributed by atoms with Crippen molar-refractivity contribution in [3.8, 4) is 17.6 Å². The van der Waals surface area contributed by atoms with Crippen molar-refractivity contribution < 1.29 is 9.47 Å². The molecule has 0 aliphatic rings. The van der Waals surface area contributed by atoms with Crippen LogP contribution >= 0.6 is 12.4 Å². The fraction of sp³-hybridized carbons (Fsp3) is 0.278. The van der Waals surface area contributed by atoms with E-state index in [0.29, 0.717) is 12.1 Å². The summed E-state index contributed by atoms with van der Waals surface area (Å²) in [6, 6.07) is 15.7. The predicted molar refractivity (Wildman–Crippen MR) is 93.2 cm³/mol. The molecule has 0 aromatic heterocycles. The Balaban J connectivity index is 0.00000264. The highest BCUT2D eigenvalue weighted by Crippen LogP contribution is 2.29. The second-order valence-corrected chi connectivity index (χ2v) is 5.02. The molecular weight excluding hydrogens is 312 g/mol. The first-order chi connectivity index (χ1) is 10.7. The molecule has 1 unspecified atom stereocenters. The molecule has 0 fully saturated rings. The summed E-state index contributed by atoms with van der Waals surface area (Å²) < 4.78 is 10.6. The third kappa shape index (κ3) is 4.88. The molecule has 0 spiro atoms. The van der Waals surface area contributed by atoms with Gasteiger partial charge in [0.15, 0.2) is 0 Å². The van der Waals surface area contributed by atoms with Gasteiger partial charge < -0.3 is 14.8 Å². The van der Waals surface area contributed by atoms with Crippen LogP contribution in [-0.4, -0.2) is 14.2 Å². The van der Waals surface area contributed by atoms with Crippen LogP contribution in [0.3, 0.4) is 0 Å². The Bertz CT molecular complexity index is 683. The average molecular weight is 333 g/mol. The van der Waals surface area contributed by atoms with Crippen LogP contribution in [-0.2, 0) is 6.54 Å². The van der Waals surface area contributed by atoms with Gasteiger partial charge in [0.05, 0.1) is 25.9 Å². The lowest BCUT2D eigenvalue weighted by atomic mass is 10.1. The van der Waals surface area contributed by atoms with E-state index in [1.54, 1.807) is 20.3 Å². The van der Waals surface area contributed by atoms with Gasteiger partial charge >= 0.3 is 0 Å². The molecule has 0 bridgehead atoms. The predicted octanol–water partition coefficient (Wildman–Crippen LogP) is 3.85. The van der Waals surface area contributed by atoms with E-state index in [-0.39, 0.29) is 18.4 Å². The zero-order valence-electron chi connectivity index (χ0n) is 13.5. The third-order valence-electron chi connectivity index (χ3n) is 3.58. The first-order valence-corrected chi connectivity index (χ1v) is 7.12. The fourth-order valence-corrected chi connectivity index (χ4v) is 2.31. The quantitative estimate of drug-likeness (QED) is 0.873. The van der Waals surface area contributed by atoms with Crippen molar-refractivity contribution in [1.82, 2.24) is 5.32 Å². The van der Waals surface area contributed by atoms with Gasteiger partial charge in [-0.15, -0.1) is 12.4 Å². The van der Waals surface area contributed by atoms with Crippen LogP contribution < -0.4 is 14.8 Å². The van der Waals surface area contributed by atoms with Gasteiger partial charge in [0.2, 0.25) is 0 Å². The minimum absolute atomic E-state index is 0. The van der Waals surface area contributed by atoms with Crippen LogP contribution in [0.5, 0.6) is 11.5 Å². The van der Waals surface area contributed by atoms with Gasteiger partial charge in [0.25, 0.3) is 0 Å². The van der Waals surface area contributed by atoms with Crippen LogP contribution in [0.4, 0.5) is 0 Å². The molecule has 0 heterocycles. The van der Waals surface area contributed by atoms with Crippen molar-refractivity contribution in [3.05, 3.63) is 59.2 Å². The third-order valence-corrected chi connectivity index (χ3v) is 3.58. The van der Waals surface area contributed by atoms with E-state index in [9.17, 15) is 0 Å². The maximum atomic E-state index is 8.94. The minimum atomic E-state index is 0. The van der Waals surface area contributed by atoms with Crippen molar-refractivity contribution in [2.24, 2.45) is 0 Å². The summed E-state index contributed by atoms with van der Waals surface area (Å²) in [7, 11) is 3.29. The number of rotatable bonds is 6. The number of ether oxygens (including phenoxy) is 2. The Hall–Kier alpha value is -2.22. The van der Waals surface area contributed by atoms with Gasteiger partial charge in [-0.1, -0.05) is 18.2 Å². The van der Waals surface area contributed by atoms with Crippen molar-refractivity contribution in [2.45, 2.75) is 19.5 Å². The van der Waals surface area contributed by atoms with E-state index >= 15 is 0 Å². The molecule has 122 valence electrons. The fourth-order valence-electron chi connectivity index (χ4n) is 2.31. The molecule has 1 atom stereocenters. The number of halogens is 1. The van der Waals surface area contributed by atoms with E-state index in [4.69, 9.17) is 14.7 Å². The number of hydrogen-bond acceptors (Lipinski definition) is 4. The van der Waals surface area contributed by atoms with Crippen LogP contribution in [0.1, 0.15) is 29.7 Å². The Labute approximate surface area is 143 Å². The smallest absolute Gasteiger partial charge is 0.127 e. The Morgan fingerprint density at radius 1 is 1.13 bits per heavy atom. The minimum Gasteiger partial charge on any atom is -0.497 e. The number of benzene rings is 2. The lowest BCUT2D eigenvalue weighted by Gasteiger charge is -2.18. The van der Waals surface area contributed by atoms with Crippen LogP contribution in [0.25, 0.3) is 0 Å². The van der Waals surface area contributed by atoms with E-state index in [1.807, 2.05) is 36.4 Å². The van der Waals surface area contributed by atoms with Crippen LogP contribution in [0.15, 0.2) is 42.5 Å². The molecule has 2 rings (SSSR count). The molecule has 2 aromatic carbocycles. The first kappa shape index (κ1) is 18.8. The number of methoxy groups -OCH3 is 2. The molecule has 0 aliphatic carbocycles. The molecule has 5 heteroatoms. The molecule has 0 radical (unpaired) electrons. The molecule has 1 N–H and O–H groups in total. The highest BCUT2D eigenvalue weighted by Gasteiger charge is 2.12. The second kappa shape index (κ2) is 9.04. The summed E-state index contributed by atoms with van der Waals surface area (Å²) in [5.41, 5.74) is 2.83. The van der Waals surface area contributed by atoms with E-state index in [1.165, 1.54) is 0 Å². The molecule has 0 saturated carbocycles. The number of nitriles is 1. The van der Waals surface area contributed by atoms with Crippen molar-refractivity contribution in [2.75, 3.05) is 14.2 Å². The van der Waals surface area contributed by atoms with Gasteiger partial charge in [-0.05, 0) is 30.7 Å². The highest BCUT2D eigenvalue weighted by atomic mass is 35.5. The first-order valence-electron chi connectivity index (χ1n) is 7.12. The SMILES string of the molecule is COc1ccc(C(C)NCc2cccc(C#N)c2)c(OC)c1.Cl. The summed E-state index contributed by atoms with van der Waals surface area (Å²) >= 11 is 0. The van der Waals surface area contributed by atoms with Gasteiger partial charge in [-0.25, -0.2) is 0 Å². The van der Waals surface area contributed by atoms with E-state index in [2.05, 4.69) is 18.3 Å². The van der Waals surface area contributed by atoms with Gasteiger partial charge in [0, 0.05) is 24.2 Å². The Morgan fingerprint density at radius 2 is 1.91 bits per heavy atom. The van der Waals surface area contributed by atoms with Crippen molar-refractivity contribution >= 4 is 12.4 Å². The van der Waals surface area contributed by atoms with Crippen molar-refractivity contribution in [3.63, 3.8) is 0 Å². The number of nitrogens with one attached hydrogen (secondary N) is 1. The van der Waals surface area contributed by atoms with Crippen molar-refractivity contribution in [1.29, 1.82) is 5.26 Å². The lowest BCUT2D eigenvalue weighted by molar-refractivity contribution is 0.386. The Kier molecular flexibility index (Phi) is 7.40. The summed E-state index contributed by atoms with van der Waals surface area (Å²) in [6.45, 7) is 2.77. The van der Waals surface area contributed by atoms with Gasteiger partial charge in [0.1, 0.15) is 11.5 Å². The summed E-state index contributed by atoms with van der Waals surface area (Å²) in [4.78, 5) is 0. The summed E-state index contributed by atoms with van der Waals surface area (Å²) in [6.07, 6.45) is 0. The second-order valence-electron chi connectivity index (χ2n) is 5.02. The zero-order chi connectivity index (χ0) is 15.9. The zero-order valence-corrected chi connectivity index (χ0v) is 14.3. The molecule has 0 aliphatic heterocycles. The monoisotopic (exact) mass is 332 g/mol. The Morgan fingerprint density at radius 3 is 2.57 bits per heavy atom. The lowest BCUT2D eigenvalue weighted by Crippen LogP contribution is -2.18. The standard InChI is InChI=1S/C18H20N2O2.ClH/c1-13(17-8-7-16(21-2)10-18(17)22-3)20-12-15-6-4-5-14(9-15)11-19;/h4-10,13,20H,12H2,1-3H3;1H. The summed E-state index contributed by atoms with van der Waals surface area (Å²) in [5.74, 6) is 1.57. The van der Waals surface area contributed by atoms with Crippen LogP contribution in [0.2, 0.25) is 0 Å². The number of nitrogens with zero attached hydrogens (tertiary/aromatic N) is 1. The van der Waals surface area contributed by atoms with E-state index in [0.717, 1.165) is 22.6 Å². The number of hydrogen-bond donors (Lipinski definition) is 1. The molecule has 23 heavy (non-hydrogen) atoms. The van der Waals surface area contributed by atoms with E-state index < -0.39 is 0 Å². The molecular formula is C18H21ClN2O2. The molecule has 4 nitrogen and oxygen atoms in total. The molecule has 2 aromatic rings. The molecule has 0 saturated heterocycles. The maximum absolute atomic E-state index is 8.94. The summed E-state index contributed by atoms with van der Waals surface area (Å²) in [5, 5.41) is 12.4. The van der Waals surface area contributed by atoms with Gasteiger partial charge in [-0.2, -0.15) is 5.26 Å². The van der Waals surface area contributed by atoms with Gasteiger partial charge in [-0.3, -0.25) is 0 Å².